The molecule has 0 saturated heterocycles. The number of nitrogens with zero attached hydrogens (tertiary/aromatic N) is 3. The molecule has 0 bridgehead atoms. The van der Waals surface area contributed by atoms with Gasteiger partial charge in [0, 0.05) is 34.2 Å². The maximum atomic E-state index is 12.3. The molecule has 0 unspecified atom stereocenters. The third-order valence-electron chi connectivity index (χ3n) is 4.09. The lowest BCUT2D eigenvalue weighted by Crippen LogP contribution is -2.11. The highest BCUT2D eigenvalue weighted by Crippen LogP contribution is 2.23. The summed E-state index contributed by atoms with van der Waals surface area (Å²) in [5.74, 6) is 2.23. The van der Waals surface area contributed by atoms with Crippen molar-refractivity contribution in [3.8, 4) is 17.4 Å². The molecular formula is C22H17BrN4O2. The van der Waals surface area contributed by atoms with Gasteiger partial charge in [-0.2, -0.15) is 4.98 Å². The molecule has 0 spiro atoms. The van der Waals surface area contributed by atoms with Crippen molar-refractivity contribution < 1.29 is 9.53 Å². The Labute approximate surface area is 176 Å². The molecule has 0 aliphatic heterocycles. The van der Waals surface area contributed by atoms with E-state index in [4.69, 9.17) is 4.74 Å². The number of aromatic nitrogens is 3. The normalized spacial score (nSPS) is 10.6. The number of nitrogens with one attached hydrogen (secondary N) is 1. The first kappa shape index (κ1) is 18.9. The second-order valence-corrected chi connectivity index (χ2v) is 7.21. The zero-order valence-corrected chi connectivity index (χ0v) is 17.1. The standard InChI is InChI=1S/C22H17BrN4O2/c1-15-24-20(27-11-2-3-12-27)14-21(25-15)29-19-9-7-18(8-10-19)26-22(28)16-5-4-6-17(23)13-16/h2-14H,1H3,(H,26,28). The Bertz CT molecular complexity index is 1140. The van der Waals surface area contributed by atoms with E-state index in [1.807, 2.05) is 48.1 Å². The van der Waals surface area contributed by atoms with Crippen LogP contribution in [0.25, 0.3) is 5.82 Å². The van der Waals surface area contributed by atoms with Gasteiger partial charge in [0.05, 0.1) is 0 Å². The number of hydrogen-bond acceptors (Lipinski definition) is 4. The van der Waals surface area contributed by atoms with E-state index in [9.17, 15) is 4.79 Å². The van der Waals surface area contributed by atoms with Gasteiger partial charge >= 0.3 is 0 Å². The van der Waals surface area contributed by atoms with E-state index in [1.165, 1.54) is 0 Å². The van der Waals surface area contributed by atoms with Crippen LogP contribution in [0.2, 0.25) is 0 Å². The van der Waals surface area contributed by atoms with Gasteiger partial charge in [0.1, 0.15) is 17.4 Å². The largest absolute Gasteiger partial charge is 0.439 e. The van der Waals surface area contributed by atoms with Crippen LogP contribution >= 0.6 is 15.9 Å². The van der Waals surface area contributed by atoms with Crippen LogP contribution in [0.3, 0.4) is 0 Å². The first-order valence-electron chi connectivity index (χ1n) is 8.91. The van der Waals surface area contributed by atoms with Gasteiger partial charge in [0.2, 0.25) is 5.88 Å². The minimum Gasteiger partial charge on any atom is -0.439 e. The van der Waals surface area contributed by atoms with Crippen molar-refractivity contribution >= 4 is 27.5 Å². The Balaban J connectivity index is 1.47. The van der Waals surface area contributed by atoms with E-state index in [2.05, 4.69) is 31.2 Å². The van der Waals surface area contributed by atoms with E-state index < -0.39 is 0 Å². The van der Waals surface area contributed by atoms with E-state index in [0.717, 1.165) is 10.3 Å². The van der Waals surface area contributed by atoms with Gasteiger partial charge in [0.15, 0.2) is 0 Å². The summed E-state index contributed by atoms with van der Waals surface area (Å²) in [6, 6.07) is 20.0. The number of anilines is 1. The number of amides is 1. The predicted octanol–water partition coefficient (Wildman–Crippen LogP) is 5.38. The molecule has 29 heavy (non-hydrogen) atoms. The molecule has 2 aromatic heterocycles. The molecule has 2 aromatic carbocycles. The minimum atomic E-state index is -0.178. The average Bonchev–Trinajstić information content (AvgIpc) is 3.24. The predicted molar refractivity (Wildman–Crippen MR) is 115 cm³/mol. The smallest absolute Gasteiger partial charge is 0.255 e. The molecule has 0 radical (unpaired) electrons. The number of halogens is 1. The first-order valence-corrected chi connectivity index (χ1v) is 9.70. The number of benzene rings is 2. The molecule has 6 nitrogen and oxygen atoms in total. The van der Waals surface area contributed by atoms with E-state index >= 15 is 0 Å². The molecule has 2 heterocycles. The average molecular weight is 449 g/mol. The van der Waals surface area contributed by atoms with E-state index in [0.29, 0.717) is 28.7 Å². The van der Waals surface area contributed by atoms with Crippen molar-refractivity contribution in [1.82, 2.24) is 14.5 Å². The molecule has 144 valence electrons. The fourth-order valence-electron chi connectivity index (χ4n) is 2.76. The topological polar surface area (TPSA) is 69.0 Å². The summed E-state index contributed by atoms with van der Waals surface area (Å²) >= 11 is 3.37. The highest BCUT2D eigenvalue weighted by Gasteiger charge is 2.08. The third-order valence-corrected chi connectivity index (χ3v) is 4.58. The summed E-state index contributed by atoms with van der Waals surface area (Å²) in [7, 11) is 0. The fraction of sp³-hybridized carbons (Fsp3) is 0.0455. The van der Waals surface area contributed by atoms with Crippen LogP contribution in [0.15, 0.2) is 83.6 Å². The summed E-state index contributed by atoms with van der Waals surface area (Å²) in [6.07, 6.45) is 3.82. The van der Waals surface area contributed by atoms with Crippen LogP contribution in [-0.2, 0) is 0 Å². The van der Waals surface area contributed by atoms with Gasteiger partial charge in [0.25, 0.3) is 5.91 Å². The maximum absolute atomic E-state index is 12.3. The second kappa shape index (κ2) is 8.28. The highest BCUT2D eigenvalue weighted by molar-refractivity contribution is 9.10. The zero-order chi connectivity index (χ0) is 20.2. The molecule has 0 atom stereocenters. The molecule has 7 heteroatoms. The fourth-order valence-corrected chi connectivity index (χ4v) is 3.16. The van der Waals surface area contributed by atoms with Crippen molar-refractivity contribution in [3.63, 3.8) is 0 Å². The number of hydrogen-bond donors (Lipinski definition) is 1. The molecule has 0 saturated carbocycles. The molecule has 4 aromatic rings. The van der Waals surface area contributed by atoms with Gasteiger partial charge in [-0.15, -0.1) is 0 Å². The lowest BCUT2D eigenvalue weighted by Gasteiger charge is -2.10. The molecule has 0 aliphatic carbocycles. The van der Waals surface area contributed by atoms with Crippen LogP contribution in [0.4, 0.5) is 5.69 Å². The van der Waals surface area contributed by atoms with Gasteiger partial charge < -0.3 is 14.6 Å². The number of carbonyl (C=O) groups excluding carboxylic acids is 1. The lowest BCUT2D eigenvalue weighted by atomic mass is 10.2. The Kier molecular flexibility index (Phi) is 5.39. The Morgan fingerprint density at radius 2 is 1.76 bits per heavy atom. The van der Waals surface area contributed by atoms with Gasteiger partial charge in [-0.25, -0.2) is 4.98 Å². The number of carbonyl (C=O) groups is 1. The second-order valence-electron chi connectivity index (χ2n) is 6.29. The van der Waals surface area contributed by atoms with Crippen molar-refractivity contribution in [2.75, 3.05) is 5.32 Å². The summed E-state index contributed by atoms with van der Waals surface area (Å²) < 4.78 is 8.62. The molecule has 0 aliphatic rings. The number of rotatable bonds is 5. The summed E-state index contributed by atoms with van der Waals surface area (Å²) in [6.45, 7) is 1.82. The Hall–Kier alpha value is -3.45. The van der Waals surface area contributed by atoms with Crippen molar-refractivity contribution in [3.05, 3.63) is 95.0 Å². The van der Waals surface area contributed by atoms with Crippen LogP contribution in [0.1, 0.15) is 16.2 Å². The summed E-state index contributed by atoms with van der Waals surface area (Å²) in [4.78, 5) is 21.1. The Morgan fingerprint density at radius 3 is 2.48 bits per heavy atom. The number of aryl methyl sites for hydroxylation is 1. The highest BCUT2D eigenvalue weighted by atomic mass is 79.9. The molecule has 4 rings (SSSR count). The van der Waals surface area contributed by atoms with Crippen molar-refractivity contribution in [2.24, 2.45) is 0 Å². The lowest BCUT2D eigenvalue weighted by molar-refractivity contribution is 0.102. The maximum Gasteiger partial charge on any atom is 0.255 e. The molecule has 1 amide bonds. The monoisotopic (exact) mass is 448 g/mol. The van der Waals surface area contributed by atoms with Gasteiger partial charge in [-0.05, 0) is 61.5 Å². The quantitative estimate of drug-likeness (QED) is 0.444. The van der Waals surface area contributed by atoms with E-state index in [-0.39, 0.29) is 5.91 Å². The zero-order valence-electron chi connectivity index (χ0n) is 15.5. The van der Waals surface area contributed by atoms with Crippen LogP contribution in [0, 0.1) is 6.92 Å². The van der Waals surface area contributed by atoms with Crippen molar-refractivity contribution in [2.45, 2.75) is 6.92 Å². The third kappa shape index (κ3) is 4.70. The van der Waals surface area contributed by atoms with E-state index in [1.54, 1.807) is 42.5 Å². The molecule has 0 fully saturated rings. The summed E-state index contributed by atoms with van der Waals surface area (Å²) in [5.41, 5.74) is 1.25. The summed E-state index contributed by atoms with van der Waals surface area (Å²) in [5, 5.41) is 2.87. The SMILES string of the molecule is Cc1nc(Oc2ccc(NC(=O)c3cccc(Br)c3)cc2)cc(-n2cccc2)n1. The van der Waals surface area contributed by atoms with Crippen molar-refractivity contribution in [1.29, 1.82) is 0 Å². The molecule has 1 N–H and O–H groups in total. The minimum absolute atomic E-state index is 0.178. The Morgan fingerprint density at radius 1 is 1.00 bits per heavy atom. The van der Waals surface area contributed by atoms with Crippen LogP contribution < -0.4 is 10.1 Å². The molecular weight excluding hydrogens is 432 g/mol. The van der Waals surface area contributed by atoms with Gasteiger partial charge in [-0.3, -0.25) is 4.79 Å². The van der Waals surface area contributed by atoms with Crippen LogP contribution in [0.5, 0.6) is 11.6 Å². The van der Waals surface area contributed by atoms with Crippen LogP contribution in [-0.4, -0.2) is 20.4 Å². The van der Waals surface area contributed by atoms with Gasteiger partial charge in [-0.1, -0.05) is 22.0 Å². The first-order chi connectivity index (χ1) is 14.1. The number of ether oxygens (including phenoxy) is 1.